The van der Waals surface area contributed by atoms with Gasteiger partial charge in [0.05, 0.1) is 6.10 Å². The summed E-state index contributed by atoms with van der Waals surface area (Å²) >= 11 is 0. The lowest BCUT2D eigenvalue weighted by Gasteiger charge is -2.41. The van der Waals surface area contributed by atoms with Crippen molar-refractivity contribution < 1.29 is 4.74 Å². The van der Waals surface area contributed by atoms with E-state index in [9.17, 15) is 0 Å². The molecule has 0 radical (unpaired) electrons. The predicted molar refractivity (Wildman–Crippen MR) is 89.8 cm³/mol. The number of hydrogen-bond donors (Lipinski definition) is 1. The van der Waals surface area contributed by atoms with E-state index in [1.54, 1.807) is 0 Å². The lowest BCUT2D eigenvalue weighted by Crippen LogP contribution is -2.37. The van der Waals surface area contributed by atoms with Gasteiger partial charge in [0.2, 0.25) is 0 Å². The molecule has 1 aromatic rings. The Morgan fingerprint density at radius 2 is 1.71 bits per heavy atom. The molecule has 1 fully saturated rings. The summed E-state index contributed by atoms with van der Waals surface area (Å²) in [6, 6.07) is 9.17. The van der Waals surface area contributed by atoms with Gasteiger partial charge in [-0.1, -0.05) is 45.2 Å². The first-order valence-electron chi connectivity index (χ1n) is 8.55. The van der Waals surface area contributed by atoms with Crippen molar-refractivity contribution in [1.29, 1.82) is 0 Å². The molecule has 21 heavy (non-hydrogen) atoms. The standard InChI is InChI=1S/C19H31NO/c1-5-20-18(19(4)13-7-6-8-14-19)16-9-11-17(12-10-16)21-15(2)3/h9-12,15,18,20H,5-8,13-14H2,1-4H3. The van der Waals surface area contributed by atoms with Crippen molar-refractivity contribution in [2.75, 3.05) is 6.54 Å². The van der Waals surface area contributed by atoms with E-state index < -0.39 is 0 Å². The molecule has 118 valence electrons. The van der Waals surface area contributed by atoms with Crippen molar-refractivity contribution in [1.82, 2.24) is 5.32 Å². The van der Waals surface area contributed by atoms with Crippen LogP contribution >= 0.6 is 0 Å². The Balaban J connectivity index is 2.17. The van der Waals surface area contributed by atoms with E-state index in [1.165, 1.54) is 37.7 Å². The molecule has 0 aliphatic heterocycles. The fraction of sp³-hybridized carbons (Fsp3) is 0.684. The Labute approximate surface area is 130 Å². The monoisotopic (exact) mass is 289 g/mol. The summed E-state index contributed by atoms with van der Waals surface area (Å²) in [4.78, 5) is 0. The number of ether oxygens (including phenoxy) is 1. The minimum Gasteiger partial charge on any atom is -0.491 e. The van der Waals surface area contributed by atoms with Gasteiger partial charge in [0.25, 0.3) is 0 Å². The Bertz CT molecular complexity index is 418. The highest BCUT2D eigenvalue weighted by Gasteiger charge is 2.35. The van der Waals surface area contributed by atoms with Gasteiger partial charge in [-0.25, -0.2) is 0 Å². The van der Waals surface area contributed by atoms with Crippen LogP contribution in [-0.2, 0) is 0 Å². The summed E-state index contributed by atoms with van der Waals surface area (Å²) < 4.78 is 5.76. The third-order valence-electron chi connectivity index (χ3n) is 4.69. The minimum atomic E-state index is 0.233. The van der Waals surface area contributed by atoms with Crippen LogP contribution in [0.25, 0.3) is 0 Å². The fourth-order valence-corrected chi connectivity index (χ4v) is 3.63. The van der Waals surface area contributed by atoms with Crippen LogP contribution in [0.15, 0.2) is 24.3 Å². The fourth-order valence-electron chi connectivity index (χ4n) is 3.63. The normalized spacial score (nSPS) is 19.5. The molecule has 1 aliphatic carbocycles. The number of nitrogens with one attached hydrogen (secondary N) is 1. The number of hydrogen-bond acceptors (Lipinski definition) is 2. The van der Waals surface area contributed by atoms with Crippen LogP contribution in [0.1, 0.15) is 71.4 Å². The van der Waals surface area contributed by atoms with E-state index >= 15 is 0 Å². The Morgan fingerprint density at radius 1 is 1.10 bits per heavy atom. The average Bonchev–Trinajstić information content (AvgIpc) is 2.46. The van der Waals surface area contributed by atoms with Gasteiger partial charge < -0.3 is 10.1 Å². The second kappa shape index (κ2) is 7.31. The van der Waals surface area contributed by atoms with Crippen LogP contribution in [0.2, 0.25) is 0 Å². The SMILES string of the molecule is CCNC(c1ccc(OC(C)C)cc1)C1(C)CCCCC1. The van der Waals surface area contributed by atoms with Crippen LogP contribution < -0.4 is 10.1 Å². The Hall–Kier alpha value is -1.02. The van der Waals surface area contributed by atoms with Crippen molar-refractivity contribution in [3.63, 3.8) is 0 Å². The molecule has 1 saturated carbocycles. The van der Waals surface area contributed by atoms with Gasteiger partial charge in [-0.05, 0) is 56.3 Å². The van der Waals surface area contributed by atoms with E-state index in [0.29, 0.717) is 11.5 Å². The Kier molecular flexibility index (Phi) is 5.69. The molecule has 2 heteroatoms. The molecular weight excluding hydrogens is 258 g/mol. The highest BCUT2D eigenvalue weighted by molar-refractivity contribution is 5.30. The summed E-state index contributed by atoms with van der Waals surface area (Å²) in [5.74, 6) is 0.970. The molecular formula is C19H31NO. The molecule has 0 amide bonds. The van der Waals surface area contributed by atoms with Crippen LogP contribution in [0, 0.1) is 5.41 Å². The summed E-state index contributed by atoms with van der Waals surface area (Å²) in [6.07, 6.45) is 7.02. The van der Waals surface area contributed by atoms with E-state index in [0.717, 1.165) is 12.3 Å². The topological polar surface area (TPSA) is 21.3 Å². The van der Waals surface area contributed by atoms with E-state index in [-0.39, 0.29) is 6.10 Å². The zero-order valence-electron chi connectivity index (χ0n) is 14.1. The predicted octanol–water partition coefficient (Wildman–Crippen LogP) is 5.09. The van der Waals surface area contributed by atoms with Gasteiger partial charge in [-0.2, -0.15) is 0 Å². The quantitative estimate of drug-likeness (QED) is 0.787. The molecule has 0 saturated heterocycles. The van der Waals surface area contributed by atoms with E-state index in [4.69, 9.17) is 4.74 Å². The summed E-state index contributed by atoms with van der Waals surface area (Å²) in [5, 5.41) is 3.73. The highest BCUT2D eigenvalue weighted by atomic mass is 16.5. The second-order valence-electron chi connectivity index (χ2n) is 6.94. The van der Waals surface area contributed by atoms with Gasteiger partial charge >= 0.3 is 0 Å². The van der Waals surface area contributed by atoms with Gasteiger partial charge in [-0.3, -0.25) is 0 Å². The summed E-state index contributed by atoms with van der Waals surface area (Å²) in [5.41, 5.74) is 1.78. The lowest BCUT2D eigenvalue weighted by molar-refractivity contribution is 0.146. The van der Waals surface area contributed by atoms with Crippen molar-refractivity contribution >= 4 is 0 Å². The molecule has 0 bridgehead atoms. The summed E-state index contributed by atoms with van der Waals surface area (Å²) in [6.45, 7) is 9.81. The largest absolute Gasteiger partial charge is 0.491 e. The first-order chi connectivity index (χ1) is 10.0. The molecule has 0 aromatic heterocycles. The molecule has 1 aliphatic rings. The maximum absolute atomic E-state index is 5.76. The molecule has 0 spiro atoms. The third kappa shape index (κ3) is 4.23. The molecule has 2 nitrogen and oxygen atoms in total. The smallest absolute Gasteiger partial charge is 0.119 e. The first kappa shape index (κ1) is 16.4. The second-order valence-corrected chi connectivity index (χ2v) is 6.94. The third-order valence-corrected chi connectivity index (χ3v) is 4.69. The Morgan fingerprint density at radius 3 is 2.24 bits per heavy atom. The van der Waals surface area contributed by atoms with Gasteiger partial charge in [-0.15, -0.1) is 0 Å². The van der Waals surface area contributed by atoms with E-state index in [2.05, 4.69) is 57.3 Å². The van der Waals surface area contributed by atoms with Crippen molar-refractivity contribution in [3.8, 4) is 5.75 Å². The van der Waals surface area contributed by atoms with Crippen LogP contribution in [0.3, 0.4) is 0 Å². The molecule has 1 N–H and O–H groups in total. The molecule has 2 rings (SSSR count). The van der Waals surface area contributed by atoms with Gasteiger partial charge in [0.15, 0.2) is 0 Å². The highest BCUT2D eigenvalue weighted by Crippen LogP contribution is 2.45. The summed E-state index contributed by atoms with van der Waals surface area (Å²) in [7, 11) is 0. The van der Waals surface area contributed by atoms with Crippen LogP contribution in [0.4, 0.5) is 0 Å². The molecule has 1 atom stereocenters. The zero-order valence-corrected chi connectivity index (χ0v) is 14.1. The van der Waals surface area contributed by atoms with Crippen molar-refractivity contribution in [2.45, 2.75) is 71.9 Å². The van der Waals surface area contributed by atoms with Gasteiger partial charge in [0.1, 0.15) is 5.75 Å². The minimum absolute atomic E-state index is 0.233. The van der Waals surface area contributed by atoms with Crippen molar-refractivity contribution in [3.05, 3.63) is 29.8 Å². The van der Waals surface area contributed by atoms with Gasteiger partial charge in [0, 0.05) is 6.04 Å². The maximum Gasteiger partial charge on any atom is 0.119 e. The molecule has 1 aromatic carbocycles. The molecule has 0 heterocycles. The molecule has 1 unspecified atom stereocenters. The van der Waals surface area contributed by atoms with E-state index in [1.807, 2.05) is 0 Å². The van der Waals surface area contributed by atoms with Crippen molar-refractivity contribution in [2.24, 2.45) is 5.41 Å². The average molecular weight is 289 g/mol. The number of rotatable bonds is 6. The first-order valence-corrected chi connectivity index (χ1v) is 8.55. The van der Waals surface area contributed by atoms with Crippen LogP contribution in [0.5, 0.6) is 5.75 Å². The number of benzene rings is 1. The maximum atomic E-state index is 5.76. The lowest BCUT2D eigenvalue weighted by atomic mass is 9.68. The zero-order chi connectivity index (χ0) is 15.3. The van der Waals surface area contributed by atoms with Crippen LogP contribution in [-0.4, -0.2) is 12.6 Å².